The second-order valence-electron chi connectivity index (χ2n) is 6.38. The first kappa shape index (κ1) is 18.8. The molecule has 1 aromatic carbocycles. The largest absolute Gasteiger partial charge is 0.442 e. The van der Waals surface area contributed by atoms with E-state index in [-0.39, 0.29) is 19.0 Å². The molecule has 0 aromatic heterocycles. The van der Waals surface area contributed by atoms with E-state index in [9.17, 15) is 22.6 Å². The topological polar surface area (TPSA) is 75.7 Å². The molecule has 2 fully saturated rings. The lowest BCUT2D eigenvalue weighted by atomic mass is 9.93. The maximum absolute atomic E-state index is 14.6. The average Bonchev–Trinajstić information content (AvgIpc) is 3.01. The fraction of sp³-hybridized carbons (Fsp3) is 0.529. The molecule has 142 valence electrons. The number of anilines is 1. The first-order valence-electron chi connectivity index (χ1n) is 8.43. The zero-order valence-electron chi connectivity index (χ0n) is 14.1. The Balaban J connectivity index is 1.66. The number of amides is 2. The maximum atomic E-state index is 14.6. The van der Waals surface area contributed by atoms with Crippen molar-refractivity contribution in [3.63, 3.8) is 0 Å². The van der Waals surface area contributed by atoms with E-state index in [1.807, 2.05) is 0 Å². The number of carbonyl (C=O) groups is 2. The molecule has 6 nitrogen and oxygen atoms in total. The number of hydrogen-bond donors (Lipinski definition) is 1. The lowest BCUT2D eigenvalue weighted by Gasteiger charge is -2.23. The first-order valence-corrected chi connectivity index (χ1v) is 9.92. The Kier molecular flexibility index (Phi) is 5.85. The highest BCUT2D eigenvalue weighted by molar-refractivity contribution is 7.85. The van der Waals surface area contributed by atoms with Gasteiger partial charge in [-0.1, -0.05) is 6.07 Å². The Bertz CT molecular complexity index is 721. The highest BCUT2D eigenvalue weighted by Gasteiger charge is 2.33. The number of nitrogens with one attached hydrogen (secondary N) is 1. The van der Waals surface area contributed by atoms with Crippen LogP contribution in [0.4, 0.5) is 19.3 Å². The Hall–Kier alpha value is -2.03. The van der Waals surface area contributed by atoms with E-state index >= 15 is 0 Å². The summed E-state index contributed by atoms with van der Waals surface area (Å²) in [6, 6.07) is 4.62. The van der Waals surface area contributed by atoms with Crippen molar-refractivity contribution >= 4 is 28.5 Å². The monoisotopic (exact) mass is 386 g/mol. The van der Waals surface area contributed by atoms with Gasteiger partial charge in [0, 0.05) is 22.3 Å². The lowest BCUT2D eigenvalue weighted by Crippen LogP contribution is -2.35. The Morgan fingerprint density at radius 1 is 1.35 bits per heavy atom. The van der Waals surface area contributed by atoms with Crippen molar-refractivity contribution in [3.8, 4) is 0 Å². The number of carbonyl (C=O) groups excluding carboxylic acids is 2. The summed E-state index contributed by atoms with van der Waals surface area (Å²) in [4.78, 5) is 24.2. The summed E-state index contributed by atoms with van der Waals surface area (Å²) in [5, 5.41) is 2.32. The number of halogens is 2. The summed E-state index contributed by atoms with van der Waals surface area (Å²) in [5.74, 6) is 0.0223. The normalized spacial score (nSPS) is 25.8. The quantitative estimate of drug-likeness (QED) is 0.838. The maximum Gasteiger partial charge on any atom is 0.414 e. The average molecular weight is 386 g/mol. The van der Waals surface area contributed by atoms with E-state index < -0.39 is 41.4 Å². The molecule has 0 bridgehead atoms. The summed E-state index contributed by atoms with van der Waals surface area (Å²) in [5.41, 5.74) is 0.944. The third-order valence-electron chi connectivity index (χ3n) is 4.65. The van der Waals surface area contributed by atoms with Crippen molar-refractivity contribution in [2.45, 2.75) is 24.9 Å². The number of rotatable bonds is 5. The number of benzene rings is 1. The second-order valence-corrected chi connectivity index (χ2v) is 8.08. The molecule has 0 radical (unpaired) electrons. The van der Waals surface area contributed by atoms with E-state index in [0.717, 1.165) is 0 Å². The molecule has 0 unspecified atom stereocenters. The van der Waals surface area contributed by atoms with E-state index in [1.54, 1.807) is 12.1 Å². The van der Waals surface area contributed by atoms with Crippen LogP contribution >= 0.6 is 0 Å². The third kappa shape index (κ3) is 4.20. The van der Waals surface area contributed by atoms with E-state index in [4.69, 9.17) is 4.74 Å². The highest BCUT2D eigenvalue weighted by atomic mass is 32.2. The number of alkyl halides is 1. The zero-order chi connectivity index (χ0) is 18.7. The van der Waals surface area contributed by atoms with Gasteiger partial charge in [0.2, 0.25) is 0 Å². The van der Waals surface area contributed by atoms with Crippen LogP contribution in [0.15, 0.2) is 18.2 Å². The minimum absolute atomic E-state index is 0.00473. The van der Waals surface area contributed by atoms with Crippen LogP contribution < -0.4 is 10.2 Å². The summed E-state index contributed by atoms with van der Waals surface area (Å²) < 4.78 is 43.3. The molecule has 0 spiro atoms. The Labute approximate surface area is 152 Å². The number of hydrogen-bond acceptors (Lipinski definition) is 4. The van der Waals surface area contributed by atoms with Crippen molar-refractivity contribution in [3.05, 3.63) is 29.6 Å². The van der Waals surface area contributed by atoms with Crippen LogP contribution in [0.2, 0.25) is 0 Å². The molecule has 1 aromatic rings. The van der Waals surface area contributed by atoms with Gasteiger partial charge in [0.25, 0.3) is 5.91 Å². The molecule has 2 heterocycles. The third-order valence-corrected chi connectivity index (χ3v) is 6.03. The standard InChI is InChI=1S/C17H20F2N2O4S/c18-8-16(22)20-9-13-10-21(17(23)25-13)12-1-2-14(15(19)7-12)11-3-5-26(24)6-4-11/h1-2,7,11,13H,3-6,8-10H2,(H,20,22)/t11?,13-,26?/m0/s1. The molecule has 0 saturated carbocycles. The minimum Gasteiger partial charge on any atom is -0.442 e. The minimum atomic E-state index is -1.13. The number of nitrogens with zero attached hydrogens (tertiary/aromatic N) is 1. The van der Waals surface area contributed by atoms with Gasteiger partial charge in [-0.25, -0.2) is 13.6 Å². The van der Waals surface area contributed by atoms with Crippen LogP contribution in [0, 0.1) is 5.82 Å². The van der Waals surface area contributed by atoms with Crippen LogP contribution in [-0.2, 0) is 20.3 Å². The molecule has 2 amide bonds. The smallest absolute Gasteiger partial charge is 0.414 e. The van der Waals surface area contributed by atoms with Crippen LogP contribution in [-0.4, -0.2) is 53.6 Å². The molecule has 2 aliphatic rings. The molecule has 26 heavy (non-hydrogen) atoms. The lowest BCUT2D eigenvalue weighted by molar-refractivity contribution is -0.122. The van der Waals surface area contributed by atoms with Crippen molar-refractivity contribution in [2.75, 3.05) is 36.2 Å². The summed E-state index contributed by atoms with van der Waals surface area (Å²) in [6.45, 7) is -0.983. The molecule has 2 aliphatic heterocycles. The van der Waals surface area contributed by atoms with E-state index in [2.05, 4.69) is 5.32 Å². The van der Waals surface area contributed by atoms with Crippen LogP contribution in [0.25, 0.3) is 0 Å². The summed E-state index contributed by atoms with van der Waals surface area (Å²) in [6.07, 6.45) is 0.120. The molecule has 0 aliphatic carbocycles. The van der Waals surface area contributed by atoms with Gasteiger partial charge in [-0.15, -0.1) is 0 Å². The van der Waals surface area contributed by atoms with E-state index in [0.29, 0.717) is 35.6 Å². The molecular formula is C17H20F2N2O4S. The van der Waals surface area contributed by atoms with Crippen molar-refractivity contribution < 1.29 is 27.3 Å². The van der Waals surface area contributed by atoms with Crippen molar-refractivity contribution in [2.24, 2.45) is 0 Å². The van der Waals surface area contributed by atoms with Crippen LogP contribution in [0.5, 0.6) is 0 Å². The first-order chi connectivity index (χ1) is 12.5. The number of ether oxygens (including phenoxy) is 1. The predicted molar refractivity (Wildman–Crippen MR) is 92.9 cm³/mol. The van der Waals surface area contributed by atoms with Gasteiger partial charge in [-0.3, -0.25) is 13.9 Å². The fourth-order valence-electron chi connectivity index (χ4n) is 3.23. The molecule has 1 N–H and O–H groups in total. The highest BCUT2D eigenvalue weighted by Crippen LogP contribution is 2.32. The van der Waals surface area contributed by atoms with Crippen molar-refractivity contribution in [1.29, 1.82) is 0 Å². The van der Waals surface area contributed by atoms with Crippen LogP contribution in [0.3, 0.4) is 0 Å². The fourth-order valence-corrected chi connectivity index (χ4v) is 4.53. The van der Waals surface area contributed by atoms with Gasteiger partial charge < -0.3 is 10.1 Å². The number of cyclic esters (lactones) is 1. The summed E-state index contributed by atoms with van der Waals surface area (Å²) >= 11 is 0. The zero-order valence-corrected chi connectivity index (χ0v) is 14.9. The van der Waals surface area contributed by atoms with Gasteiger partial charge in [0.15, 0.2) is 6.67 Å². The molecule has 3 rings (SSSR count). The van der Waals surface area contributed by atoms with Gasteiger partial charge in [-0.05, 0) is 36.5 Å². The van der Waals surface area contributed by atoms with Gasteiger partial charge in [-0.2, -0.15) is 0 Å². The molecule has 2 saturated heterocycles. The van der Waals surface area contributed by atoms with Crippen molar-refractivity contribution in [1.82, 2.24) is 5.32 Å². The van der Waals surface area contributed by atoms with Crippen LogP contribution in [0.1, 0.15) is 24.3 Å². The van der Waals surface area contributed by atoms with Gasteiger partial charge >= 0.3 is 6.09 Å². The molecule has 9 heteroatoms. The SMILES string of the molecule is O=C(CF)NC[C@H]1CN(c2ccc(C3CCS(=O)CC3)c(F)c2)C(=O)O1. The molecular weight excluding hydrogens is 366 g/mol. The van der Waals surface area contributed by atoms with Gasteiger partial charge in [0.05, 0.1) is 18.8 Å². The summed E-state index contributed by atoms with van der Waals surface area (Å²) in [7, 11) is -0.808. The second kappa shape index (κ2) is 8.11. The van der Waals surface area contributed by atoms with E-state index in [1.165, 1.54) is 11.0 Å². The predicted octanol–water partition coefficient (Wildman–Crippen LogP) is 1.86. The Morgan fingerprint density at radius 2 is 2.08 bits per heavy atom. The Morgan fingerprint density at radius 3 is 2.73 bits per heavy atom. The molecule has 1 atom stereocenters. The van der Waals surface area contributed by atoms with Gasteiger partial charge in [0.1, 0.15) is 11.9 Å².